The maximum absolute atomic E-state index is 11.7. The Morgan fingerprint density at radius 3 is 2.41 bits per heavy atom. The van der Waals surface area contributed by atoms with E-state index in [-0.39, 0.29) is 10.7 Å². The summed E-state index contributed by atoms with van der Waals surface area (Å²) >= 11 is 5.20. The zero-order chi connectivity index (χ0) is 12.9. The number of amides is 1. The van der Waals surface area contributed by atoms with Gasteiger partial charge in [-0.1, -0.05) is 36.7 Å². The molecule has 0 aliphatic carbocycles. The van der Waals surface area contributed by atoms with Gasteiger partial charge < -0.3 is 5.32 Å². The predicted octanol–water partition coefficient (Wildman–Crippen LogP) is 3.71. The molecule has 0 radical (unpaired) electrons. The monoisotopic (exact) mass is 315 g/mol. The molecule has 0 aromatic heterocycles. The molecule has 0 unspecified atom stereocenters. The molecule has 94 valence electrons. The summed E-state index contributed by atoms with van der Waals surface area (Å²) in [5.74, 6) is 0.929. The third kappa shape index (κ3) is 6.13. The van der Waals surface area contributed by atoms with Crippen LogP contribution < -0.4 is 5.32 Å². The van der Waals surface area contributed by atoms with Crippen LogP contribution in [0.25, 0.3) is 0 Å². The molecule has 2 nitrogen and oxygen atoms in total. The first-order valence-electron chi connectivity index (χ1n) is 5.56. The van der Waals surface area contributed by atoms with Crippen molar-refractivity contribution in [3.8, 4) is 0 Å². The first-order valence-corrected chi connectivity index (χ1v) is 7.34. The SMILES string of the molecule is CC(C)(C)SCCNC(=O)c1ccc(Br)cc1. The molecule has 1 aromatic rings. The lowest BCUT2D eigenvalue weighted by atomic mass is 10.2. The molecule has 0 spiro atoms. The molecular formula is C13H18BrNOS. The number of hydrogen-bond donors (Lipinski definition) is 1. The van der Waals surface area contributed by atoms with Crippen molar-refractivity contribution in [3.63, 3.8) is 0 Å². The van der Waals surface area contributed by atoms with Crippen LogP contribution in [0.1, 0.15) is 31.1 Å². The number of halogens is 1. The van der Waals surface area contributed by atoms with Gasteiger partial charge in [-0.3, -0.25) is 4.79 Å². The fourth-order valence-electron chi connectivity index (χ4n) is 1.23. The van der Waals surface area contributed by atoms with Crippen molar-refractivity contribution in [2.24, 2.45) is 0 Å². The van der Waals surface area contributed by atoms with Crippen molar-refractivity contribution in [1.82, 2.24) is 5.32 Å². The molecule has 0 aliphatic rings. The largest absolute Gasteiger partial charge is 0.351 e. The summed E-state index contributed by atoms with van der Waals surface area (Å²) < 4.78 is 1.24. The lowest BCUT2D eigenvalue weighted by molar-refractivity contribution is 0.0956. The van der Waals surface area contributed by atoms with E-state index in [1.54, 1.807) is 0 Å². The summed E-state index contributed by atoms with van der Waals surface area (Å²) in [5.41, 5.74) is 0.703. The van der Waals surface area contributed by atoms with E-state index in [1.165, 1.54) is 0 Å². The summed E-state index contributed by atoms with van der Waals surface area (Å²) in [4.78, 5) is 11.7. The van der Waals surface area contributed by atoms with Gasteiger partial charge in [0, 0.05) is 27.1 Å². The van der Waals surface area contributed by atoms with Gasteiger partial charge in [-0.25, -0.2) is 0 Å². The molecule has 0 saturated carbocycles. The Labute approximate surface area is 116 Å². The quantitative estimate of drug-likeness (QED) is 0.858. The Bertz CT molecular complexity index is 370. The van der Waals surface area contributed by atoms with Crippen LogP contribution in [0.5, 0.6) is 0 Å². The molecule has 0 fully saturated rings. The number of hydrogen-bond acceptors (Lipinski definition) is 2. The Hall–Kier alpha value is -0.480. The van der Waals surface area contributed by atoms with Crippen LogP contribution in [0.3, 0.4) is 0 Å². The Morgan fingerprint density at radius 2 is 1.88 bits per heavy atom. The van der Waals surface area contributed by atoms with E-state index in [0.29, 0.717) is 12.1 Å². The van der Waals surface area contributed by atoms with E-state index in [2.05, 4.69) is 42.0 Å². The van der Waals surface area contributed by atoms with E-state index in [9.17, 15) is 4.79 Å². The highest BCUT2D eigenvalue weighted by Gasteiger charge is 2.10. The molecule has 0 aliphatic heterocycles. The molecule has 1 N–H and O–H groups in total. The van der Waals surface area contributed by atoms with Crippen molar-refractivity contribution in [2.45, 2.75) is 25.5 Å². The van der Waals surface area contributed by atoms with Gasteiger partial charge in [0.25, 0.3) is 5.91 Å². The third-order valence-electron chi connectivity index (χ3n) is 2.03. The zero-order valence-corrected chi connectivity index (χ0v) is 12.8. The van der Waals surface area contributed by atoms with Crippen LogP contribution in [0.15, 0.2) is 28.7 Å². The van der Waals surface area contributed by atoms with Gasteiger partial charge in [0.15, 0.2) is 0 Å². The van der Waals surface area contributed by atoms with Gasteiger partial charge in [-0.15, -0.1) is 0 Å². The zero-order valence-electron chi connectivity index (χ0n) is 10.4. The van der Waals surface area contributed by atoms with Crippen molar-refractivity contribution >= 4 is 33.6 Å². The van der Waals surface area contributed by atoms with E-state index < -0.39 is 0 Å². The first-order chi connectivity index (χ1) is 7.88. The van der Waals surface area contributed by atoms with Crippen molar-refractivity contribution in [2.75, 3.05) is 12.3 Å². The second-order valence-electron chi connectivity index (χ2n) is 4.72. The molecule has 1 aromatic carbocycles. The number of rotatable bonds is 4. The third-order valence-corrected chi connectivity index (χ3v) is 3.83. The van der Waals surface area contributed by atoms with Gasteiger partial charge in [0.05, 0.1) is 0 Å². The molecule has 1 amide bonds. The molecule has 0 saturated heterocycles. The topological polar surface area (TPSA) is 29.1 Å². The second kappa shape index (κ2) is 6.45. The molecule has 4 heteroatoms. The van der Waals surface area contributed by atoms with Crippen molar-refractivity contribution in [3.05, 3.63) is 34.3 Å². The molecule has 0 bridgehead atoms. The summed E-state index contributed by atoms with van der Waals surface area (Å²) in [6.07, 6.45) is 0. The van der Waals surface area contributed by atoms with Crippen molar-refractivity contribution < 1.29 is 4.79 Å². The molecule has 17 heavy (non-hydrogen) atoms. The first kappa shape index (κ1) is 14.6. The normalized spacial score (nSPS) is 11.3. The lowest BCUT2D eigenvalue weighted by Gasteiger charge is -2.17. The second-order valence-corrected chi connectivity index (χ2v) is 7.56. The average Bonchev–Trinajstić information content (AvgIpc) is 2.24. The lowest BCUT2D eigenvalue weighted by Crippen LogP contribution is -2.26. The summed E-state index contributed by atoms with van der Waals surface area (Å²) in [6, 6.07) is 7.38. The van der Waals surface area contributed by atoms with Crippen LogP contribution >= 0.6 is 27.7 Å². The van der Waals surface area contributed by atoms with Crippen LogP contribution in [-0.4, -0.2) is 23.0 Å². The van der Waals surface area contributed by atoms with Gasteiger partial charge in [-0.2, -0.15) is 11.8 Å². The number of carbonyl (C=O) groups is 1. The minimum atomic E-state index is -0.00740. The summed E-state index contributed by atoms with van der Waals surface area (Å²) in [5, 5.41) is 2.92. The Kier molecular flexibility index (Phi) is 5.53. The van der Waals surface area contributed by atoms with Gasteiger partial charge in [-0.05, 0) is 24.3 Å². The minimum absolute atomic E-state index is 0.00740. The van der Waals surface area contributed by atoms with E-state index >= 15 is 0 Å². The van der Waals surface area contributed by atoms with E-state index in [0.717, 1.165) is 10.2 Å². The van der Waals surface area contributed by atoms with E-state index in [4.69, 9.17) is 0 Å². The maximum atomic E-state index is 11.7. The van der Waals surface area contributed by atoms with Crippen LogP contribution in [0.2, 0.25) is 0 Å². The average molecular weight is 316 g/mol. The minimum Gasteiger partial charge on any atom is -0.351 e. The van der Waals surface area contributed by atoms with E-state index in [1.807, 2.05) is 36.0 Å². The number of nitrogens with one attached hydrogen (secondary N) is 1. The fraction of sp³-hybridized carbons (Fsp3) is 0.462. The highest BCUT2D eigenvalue weighted by atomic mass is 79.9. The Balaban J connectivity index is 2.33. The van der Waals surface area contributed by atoms with Crippen molar-refractivity contribution in [1.29, 1.82) is 0 Å². The van der Waals surface area contributed by atoms with Crippen LogP contribution in [0, 0.1) is 0 Å². The predicted molar refractivity (Wildman–Crippen MR) is 78.7 cm³/mol. The highest BCUT2D eigenvalue weighted by molar-refractivity contribution is 9.10. The van der Waals surface area contributed by atoms with Crippen LogP contribution in [0.4, 0.5) is 0 Å². The smallest absolute Gasteiger partial charge is 0.251 e. The maximum Gasteiger partial charge on any atom is 0.251 e. The Morgan fingerprint density at radius 1 is 1.29 bits per heavy atom. The molecule has 0 heterocycles. The number of thioether (sulfide) groups is 1. The summed E-state index contributed by atoms with van der Waals surface area (Å²) in [6.45, 7) is 7.23. The molecular weight excluding hydrogens is 298 g/mol. The van der Waals surface area contributed by atoms with Crippen LogP contribution in [-0.2, 0) is 0 Å². The van der Waals surface area contributed by atoms with Gasteiger partial charge in [0.2, 0.25) is 0 Å². The highest BCUT2D eigenvalue weighted by Crippen LogP contribution is 2.22. The number of benzene rings is 1. The molecule has 0 atom stereocenters. The number of carbonyl (C=O) groups excluding carboxylic acids is 1. The van der Waals surface area contributed by atoms with Gasteiger partial charge >= 0.3 is 0 Å². The molecule has 1 rings (SSSR count). The van der Waals surface area contributed by atoms with Gasteiger partial charge in [0.1, 0.15) is 0 Å². The standard InChI is InChI=1S/C13H18BrNOS/c1-13(2,3)17-9-8-15-12(16)10-4-6-11(14)7-5-10/h4-7H,8-9H2,1-3H3,(H,15,16). The summed E-state index contributed by atoms with van der Waals surface area (Å²) in [7, 11) is 0. The fourth-order valence-corrected chi connectivity index (χ4v) is 2.31.